The van der Waals surface area contributed by atoms with Crippen LogP contribution in [0.5, 0.6) is 5.88 Å². The maximum atomic E-state index is 13.8. The molecule has 1 saturated carbocycles. The van der Waals surface area contributed by atoms with E-state index in [1.165, 1.54) is 32.4 Å². The largest absolute Gasteiger partial charge is 0.478 e. The van der Waals surface area contributed by atoms with Gasteiger partial charge in [-0.3, -0.25) is 9.79 Å². The quantitative estimate of drug-likeness (QED) is 0.230. The summed E-state index contributed by atoms with van der Waals surface area (Å²) in [6, 6.07) is 4.28. The predicted octanol–water partition coefficient (Wildman–Crippen LogP) is 5.61. The van der Waals surface area contributed by atoms with Crippen molar-refractivity contribution in [3.8, 4) is 5.88 Å². The van der Waals surface area contributed by atoms with Gasteiger partial charge >= 0.3 is 0 Å². The number of hydrogen-bond donors (Lipinski definition) is 0. The van der Waals surface area contributed by atoms with Gasteiger partial charge in [-0.2, -0.15) is 0 Å². The molecule has 0 bridgehead atoms. The Labute approximate surface area is 239 Å². The van der Waals surface area contributed by atoms with E-state index in [-0.39, 0.29) is 5.91 Å². The van der Waals surface area contributed by atoms with Crippen LogP contribution in [0.4, 0.5) is 0 Å². The average Bonchev–Trinajstić information content (AvgIpc) is 3.83. The summed E-state index contributed by atoms with van der Waals surface area (Å²) in [7, 11) is 0. The molecule has 0 unspecified atom stereocenters. The molecule has 0 aromatic carbocycles. The molecule has 2 saturated heterocycles. The fraction of sp³-hybridized carbons (Fsp3) is 0.545. The van der Waals surface area contributed by atoms with E-state index in [0.29, 0.717) is 57.5 Å². The van der Waals surface area contributed by atoms with Crippen molar-refractivity contribution in [3.63, 3.8) is 0 Å². The number of likely N-dealkylation sites (tertiary alicyclic amines) is 1. The molecule has 1 aliphatic carbocycles. The van der Waals surface area contributed by atoms with Crippen LogP contribution in [-0.4, -0.2) is 78.9 Å². The molecule has 214 valence electrons. The van der Waals surface area contributed by atoms with E-state index < -0.39 is 5.41 Å². The summed E-state index contributed by atoms with van der Waals surface area (Å²) in [4.78, 5) is 27.7. The third-order valence-corrected chi connectivity index (χ3v) is 8.67. The van der Waals surface area contributed by atoms with Crippen LogP contribution in [-0.2, 0) is 9.53 Å². The highest BCUT2D eigenvalue weighted by Crippen LogP contribution is 2.44. The van der Waals surface area contributed by atoms with Crippen LogP contribution < -0.4 is 4.74 Å². The van der Waals surface area contributed by atoms with E-state index in [9.17, 15) is 4.79 Å². The zero-order chi connectivity index (χ0) is 27.8. The van der Waals surface area contributed by atoms with Gasteiger partial charge < -0.3 is 19.3 Å². The summed E-state index contributed by atoms with van der Waals surface area (Å²) >= 11 is 0. The average molecular weight is 545 g/mol. The Balaban J connectivity index is 1.24. The number of hydrogen-bond acceptors (Lipinski definition) is 6. The Kier molecular flexibility index (Phi) is 9.66. The van der Waals surface area contributed by atoms with Gasteiger partial charge in [-0.15, -0.1) is 0 Å². The number of piperidine rings is 1. The van der Waals surface area contributed by atoms with E-state index >= 15 is 0 Å². The van der Waals surface area contributed by atoms with Crippen LogP contribution in [0.3, 0.4) is 0 Å². The lowest BCUT2D eigenvalue weighted by Gasteiger charge is -2.40. The van der Waals surface area contributed by atoms with Gasteiger partial charge in [0.1, 0.15) is 0 Å². The molecule has 7 nitrogen and oxygen atoms in total. The summed E-state index contributed by atoms with van der Waals surface area (Å²) in [6.45, 7) is 14.4. The predicted molar refractivity (Wildman–Crippen MR) is 160 cm³/mol. The monoisotopic (exact) mass is 544 g/mol. The van der Waals surface area contributed by atoms with Crippen LogP contribution >= 0.6 is 0 Å². The molecule has 0 radical (unpaired) electrons. The zero-order valence-electron chi connectivity index (χ0n) is 23.9. The number of carbonyl (C=O) groups is 1. The van der Waals surface area contributed by atoms with Crippen molar-refractivity contribution in [2.45, 2.75) is 63.8 Å². The molecule has 1 aromatic rings. The lowest BCUT2D eigenvalue weighted by Crippen LogP contribution is -2.49. The number of allylic oxidation sites excluding steroid dienone is 5. The topological polar surface area (TPSA) is 67.3 Å². The molecule has 4 heterocycles. The first-order valence-electron chi connectivity index (χ1n) is 15.0. The number of amides is 1. The SMILES string of the molecule is C=C\C(=C/C=C1CC(=C)C2(CCOCC2)C(=O)N(C2CC2)C/C=N\1)c1ccc(OCCCN2CCCCC2)nc1. The van der Waals surface area contributed by atoms with Crippen molar-refractivity contribution in [2.75, 3.05) is 46.0 Å². The number of carbonyl (C=O) groups excluding carboxylic acids is 1. The van der Waals surface area contributed by atoms with Gasteiger partial charge in [-0.25, -0.2) is 4.98 Å². The second-order valence-electron chi connectivity index (χ2n) is 11.4. The van der Waals surface area contributed by atoms with Gasteiger partial charge in [0.2, 0.25) is 11.8 Å². The third kappa shape index (κ3) is 6.99. The Morgan fingerprint density at radius 1 is 1.18 bits per heavy atom. The van der Waals surface area contributed by atoms with Crippen LogP contribution in [0.25, 0.3) is 5.57 Å². The third-order valence-electron chi connectivity index (χ3n) is 8.67. The van der Waals surface area contributed by atoms with E-state index in [4.69, 9.17) is 14.5 Å². The molecule has 1 amide bonds. The summed E-state index contributed by atoms with van der Waals surface area (Å²) in [6.07, 6.45) is 18.7. The van der Waals surface area contributed by atoms with Crippen LogP contribution in [0.15, 0.2) is 66.0 Å². The highest BCUT2D eigenvalue weighted by atomic mass is 16.5. The minimum Gasteiger partial charge on any atom is -0.478 e. The van der Waals surface area contributed by atoms with Crippen molar-refractivity contribution in [3.05, 3.63) is 66.5 Å². The first-order valence-corrected chi connectivity index (χ1v) is 15.0. The molecule has 0 atom stereocenters. The second-order valence-corrected chi connectivity index (χ2v) is 11.4. The molecule has 3 aliphatic heterocycles. The summed E-state index contributed by atoms with van der Waals surface area (Å²) in [5, 5.41) is 0. The Morgan fingerprint density at radius 2 is 1.98 bits per heavy atom. The normalized spacial score (nSPS) is 24.4. The molecule has 7 heteroatoms. The number of pyridine rings is 1. The van der Waals surface area contributed by atoms with Gasteiger partial charge in [-0.1, -0.05) is 37.3 Å². The first-order chi connectivity index (χ1) is 19.6. The second kappa shape index (κ2) is 13.6. The van der Waals surface area contributed by atoms with Crippen molar-refractivity contribution < 1.29 is 14.3 Å². The van der Waals surface area contributed by atoms with Gasteiger partial charge in [0.15, 0.2) is 0 Å². The lowest BCUT2D eigenvalue weighted by molar-refractivity contribution is -0.144. The fourth-order valence-corrected chi connectivity index (χ4v) is 6.03. The zero-order valence-corrected chi connectivity index (χ0v) is 23.9. The Morgan fingerprint density at radius 3 is 2.67 bits per heavy atom. The number of rotatable bonds is 9. The molecule has 0 N–H and O–H groups in total. The minimum absolute atomic E-state index is 0.207. The summed E-state index contributed by atoms with van der Waals surface area (Å²) in [5.74, 6) is 0.853. The number of nitrogens with zero attached hydrogens (tertiary/aromatic N) is 4. The van der Waals surface area contributed by atoms with Gasteiger partial charge in [0, 0.05) is 62.0 Å². The Hall–Kier alpha value is -3.03. The fourth-order valence-electron chi connectivity index (χ4n) is 6.03. The molecule has 4 aliphatic rings. The molecular weight excluding hydrogens is 500 g/mol. The molecule has 40 heavy (non-hydrogen) atoms. The molecule has 3 fully saturated rings. The molecular formula is C33H44N4O3. The molecule has 5 rings (SSSR count). The van der Waals surface area contributed by atoms with E-state index in [2.05, 4.69) is 23.0 Å². The summed E-state index contributed by atoms with van der Waals surface area (Å²) in [5.41, 5.74) is 3.19. The van der Waals surface area contributed by atoms with Crippen LogP contribution in [0.1, 0.15) is 63.4 Å². The smallest absolute Gasteiger partial charge is 0.233 e. The molecule has 1 spiro atoms. The van der Waals surface area contributed by atoms with Gasteiger partial charge in [0.05, 0.1) is 18.6 Å². The van der Waals surface area contributed by atoms with Gasteiger partial charge in [-0.05, 0) is 75.8 Å². The van der Waals surface area contributed by atoms with Crippen LogP contribution in [0.2, 0.25) is 0 Å². The van der Waals surface area contributed by atoms with Crippen molar-refractivity contribution in [1.29, 1.82) is 0 Å². The minimum atomic E-state index is -0.563. The highest BCUT2D eigenvalue weighted by Gasteiger charge is 2.47. The lowest BCUT2D eigenvalue weighted by atomic mass is 9.71. The molecule has 1 aromatic heterocycles. The van der Waals surface area contributed by atoms with Crippen molar-refractivity contribution in [1.82, 2.24) is 14.8 Å². The number of ether oxygens (including phenoxy) is 2. The van der Waals surface area contributed by atoms with Crippen molar-refractivity contribution >= 4 is 17.7 Å². The summed E-state index contributed by atoms with van der Waals surface area (Å²) < 4.78 is 11.5. The van der Waals surface area contributed by atoms with E-state index in [1.54, 1.807) is 0 Å². The maximum absolute atomic E-state index is 13.8. The maximum Gasteiger partial charge on any atom is 0.233 e. The number of aliphatic imine (C=N–C) groups is 1. The van der Waals surface area contributed by atoms with Crippen molar-refractivity contribution in [2.24, 2.45) is 10.4 Å². The standard InChI is InChI=1S/C33H44N4O3/c1-3-27(28-9-13-31(35-25-28)40-21-7-19-36-17-5-4-6-18-36)8-10-29-24-26(2)33(14-22-39-23-15-33)32(38)37(20-16-34-29)30-11-12-30/h3,8-10,13,16,25,30H,1-2,4-7,11-12,14-15,17-24H2/b27-8+,29-10+,34-16-. The van der Waals surface area contributed by atoms with E-state index in [0.717, 1.165) is 48.2 Å². The van der Waals surface area contributed by atoms with Crippen LogP contribution in [0, 0.1) is 5.41 Å². The van der Waals surface area contributed by atoms with E-state index in [1.807, 2.05) is 47.7 Å². The number of aromatic nitrogens is 1. The van der Waals surface area contributed by atoms with Gasteiger partial charge in [0.25, 0.3) is 0 Å². The first kappa shape index (κ1) is 28.5. The highest BCUT2D eigenvalue weighted by molar-refractivity contribution is 5.89. The Bertz CT molecular complexity index is 1140.